The van der Waals surface area contributed by atoms with Crippen LogP contribution in [-0.4, -0.2) is 46.9 Å². The minimum Gasteiger partial charge on any atom is -0.462 e. The average Bonchev–Trinajstić information content (AvgIpc) is 3.31. The lowest BCUT2D eigenvalue weighted by atomic mass is 10.0. The number of rotatable bonds is 50. The highest BCUT2D eigenvalue weighted by Gasteiger charge is 2.24. The van der Waals surface area contributed by atoms with Gasteiger partial charge in [0.15, 0.2) is 0 Å². The minimum absolute atomic E-state index is 0.0437. The molecule has 0 aliphatic carbocycles. The van der Waals surface area contributed by atoms with Gasteiger partial charge in [0, 0.05) is 6.42 Å². The highest BCUT2D eigenvalue weighted by Crippen LogP contribution is 2.17. The number of ether oxygens (including phenoxy) is 1. The molecule has 0 aromatic heterocycles. The Kier molecular flexibility index (Phi) is 51.1. The van der Waals surface area contributed by atoms with Crippen LogP contribution in [0.3, 0.4) is 0 Å². The zero-order valence-corrected chi connectivity index (χ0v) is 43.6. The SMILES string of the molecule is CCCCC/C=C\C/C=C\C/C=C\CCCCCCC(=O)OC(CCCCC/C=C/C=C/C=C/CCCCCCC)CC(=O)NC(CO)C(O)CCCCCCCCCCCCCCCC. The molecule has 6 heteroatoms. The van der Waals surface area contributed by atoms with Gasteiger partial charge in [-0.1, -0.05) is 241 Å². The predicted molar refractivity (Wildman–Crippen MR) is 287 cm³/mol. The fourth-order valence-electron chi connectivity index (χ4n) is 8.26. The van der Waals surface area contributed by atoms with Crippen LogP contribution in [0, 0.1) is 0 Å². The largest absolute Gasteiger partial charge is 0.462 e. The monoisotopic (exact) mass is 922 g/mol. The van der Waals surface area contributed by atoms with Gasteiger partial charge < -0.3 is 20.3 Å². The van der Waals surface area contributed by atoms with Crippen molar-refractivity contribution < 1.29 is 24.5 Å². The smallest absolute Gasteiger partial charge is 0.306 e. The zero-order chi connectivity index (χ0) is 48.1. The number of amides is 1. The van der Waals surface area contributed by atoms with Gasteiger partial charge in [-0.05, 0) is 89.9 Å². The van der Waals surface area contributed by atoms with E-state index >= 15 is 0 Å². The van der Waals surface area contributed by atoms with Crippen LogP contribution in [-0.2, 0) is 14.3 Å². The van der Waals surface area contributed by atoms with Gasteiger partial charge >= 0.3 is 5.97 Å². The average molecular weight is 923 g/mol. The number of carbonyl (C=O) groups excluding carboxylic acids is 2. The van der Waals surface area contributed by atoms with Gasteiger partial charge in [-0.3, -0.25) is 9.59 Å². The van der Waals surface area contributed by atoms with E-state index < -0.39 is 18.2 Å². The van der Waals surface area contributed by atoms with Gasteiger partial charge in [0.2, 0.25) is 5.91 Å². The molecule has 0 fully saturated rings. The first kappa shape index (κ1) is 63.3. The molecule has 0 aromatic carbocycles. The Bertz CT molecular complexity index is 1220. The van der Waals surface area contributed by atoms with Crippen LogP contribution in [0.4, 0.5) is 0 Å². The van der Waals surface area contributed by atoms with Gasteiger partial charge in [0.1, 0.15) is 6.10 Å². The number of hydrogen-bond donors (Lipinski definition) is 3. The second kappa shape index (κ2) is 53.3. The Morgan fingerprint density at radius 1 is 0.455 bits per heavy atom. The first-order valence-corrected chi connectivity index (χ1v) is 28.2. The molecule has 0 bridgehead atoms. The highest BCUT2D eigenvalue weighted by atomic mass is 16.5. The number of unbranched alkanes of at least 4 members (excludes halogenated alkanes) is 28. The third kappa shape index (κ3) is 47.8. The molecule has 66 heavy (non-hydrogen) atoms. The van der Waals surface area contributed by atoms with Crippen LogP contribution in [0.25, 0.3) is 0 Å². The zero-order valence-electron chi connectivity index (χ0n) is 43.6. The summed E-state index contributed by atoms with van der Waals surface area (Å²) in [7, 11) is 0. The Morgan fingerprint density at radius 3 is 1.33 bits per heavy atom. The molecule has 1 amide bonds. The van der Waals surface area contributed by atoms with Crippen molar-refractivity contribution in [2.75, 3.05) is 6.61 Å². The lowest BCUT2D eigenvalue weighted by Gasteiger charge is -2.24. The summed E-state index contributed by atoms with van der Waals surface area (Å²) in [4.78, 5) is 26.2. The summed E-state index contributed by atoms with van der Waals surface area (Å²) >= 11 is 0. The second-order valence-electron chi connectivity index (χ2n) is 19.0. The van der Waals surface area contributed by atoms with Gasteiger partial charge in [0.05, 0.1) is 25.2 Å². The van der Waals surface area contributed by atoms with E-state index in [1.165, 1.54) is 128 Å². The maximum atomic E-state index is 13.3. The fourth-order valence-corrected chi connectivity index (χ4v) is 8.26. The molecule has 6 nitrogen and oxygen atoms in total. The molecule has 0 heterocycles. The van der Waals surface area contributed by atoms with Crippen LogP contribution in [0.15, 0.2) is 72.9 Å². The standard InChI is InChI=1S/C60H107NO5/c1-4-7-10-13-16-19-22-25-28-30-32-35-38-41-44-47-50-53-60(65)66-56(51-48-45-42-39-36-33-31-29-26-23-20-17-14-11-8-5-2)54-59(64)61-57(55-62)58(63)52-49-46-43-40-37-34-27-24-21-18-15-12-9-6-3/h16,19,23,25-26,28-29,31-33,35-36,56-58,62-63H,4-15,17-18,20-22,24,27,30,34,37-55H2,1-3H3,(H,61,64)/b19-16-,26-23+,28-25-,31-29+,35-32-,36-33+. The number of nitrogens with one attached hydrogen (secondary N) is 1. The van der Waals surface area contributed by atoms with E-state index in [1.807, 2.05) is 0 Å². The Balaban J connectivity index is 4.69. The van der Waals surface area contributed by atoms with Crippen LogP contribution < -0.4 is 5.32 Å². The Hall–Kier alpha value is -2.70. The molecule has 0 saturated carbocycles. The number of allylic oxidation sites excluding steroid dienone is 12. The molecular formula is C60H107NO5. The summed E-state index contributed by atoms with van der Waals surface area (Å²) in [6, 6.07) is -0.721. The Labute approximate surface area is 409 Å². The molecule has 0 aromatic rings. The molecular weight excluding hydrogens is 815 g/mol. The fraction of sp³-hybridized carbons (Fsp3) is 0.767. The van der Waals surface area contributed by atoms with Crippen molar-refractivity contribution in [2.45, 2.75) is 289 Å². The number of hydrogen-bond acceptors (Lipinski definition) is 5. The lowest BCUT2D eigenvalue weighted by Crippen LogP contribution is -2.46. The van der Waals surface area contributed by atoms with Crippen molar-refractivity contribution >= 4 is 11.9 Å². The van der Waals surface area contributed by atoms with Crippen molar-refractivity contribution in [1.29, 1.82) is 0 Å². The molecule has 0 saturated heterocycles. The number of esters is 1. The molecule has 3 atom stereocenters. The maximum Gasteiger partial charge on any atom is 0.306 e. The molecule has 382 valence electrons. The number of carbonyl (C=O) groups is 2. The number of aliphatic hydroxyl groups excluding tert-OH is 2. The lowest BCUT2D eigenvalue weighted by molar-refractivity contribution is -0.151. The predicted octanol–water partition coefficient (Wildman–Crippen LogP) is 17.3. The second-order valence-corrected chi connectivity index (χ2v) is 19.0. The van der Waals surface area contributed by atoms with Gasteiger partial charge in [-0.25, -0.2) is 0 Å². The van der Waals surface area contributed by atoms with Gasteiger partial charge in [-0.15, -0.1) is 0 Å². The minimum atomic E-state index is -0.804. The van der Waals surface area contributed by atoms with E-state index in [4.69, 9.17) is 4.74 Å². The quantitative estimate of drug-likeness (QED) is 0.0244. The van der Waals surface area contributed by atoms with Crippen molar-refractivity contribution in [1.82, 2.24) is 5.32 Å². The van der Waals surface area contributed by atoms with Gasteiger partial charge in [0.25, 0.3) is 0 Å². The third-order valence-electron chi connectivity index (χ3n) is 12.6. The van der Waals surface area contributed by atoms with E-state index in [2.05, 4.69) is 99.0 Å². The summed E-state index contributed by atoms with van der Waals surface area (Å²) in [6.07, 6.45) is 68.1. The van der Waals surface area contributed by atoms with E-state index in [0.29, 0.717) is 19.3 Å². The molecule has 0 radical (unpaired) electrons. The van der Waals surface area contributed by atoms with Crippen LogP contribution in [0.2, 0.25) is 0 Å². The summed E-state index contributed by atoms with van der Waals surface area (Å²) in [5.41, 5.74) is 0. The Morgan fingerprint density at radius 2 is 0.833 bits per heavy atom. The van der Waals surface area contributed by atoms with Gasteiger partial charge in [-0.2, -0.15) is 0 Å². The summed E-state index contributed by atoms with van der Waals surface area (Å²) < 4.78 is 5.93. The van der Waals surface area contributed by atoms with Crippen molar-refractivity contribution in [2.24, 2.45) is 0 Å². The molecule has 0 spiro atoms. The van der Waals surface area contributed by atoms with Crippen molar-refractivity contribution in [3.05, 3.63) is 72.9 Å². The van der Waals surface area contributed by atoms with E-state index in [0.717, 1.165) is 96.3 Å². The first-order chi connectivity index (χ1) is 32.5. The first-order valence-electron chi connectivity index (χ1n) is 28.2. The van der Waals surface area contributed by atoms with Crippen molar-refractivity contribution in [3.63, 3.8) is 0 Å². The summed E-state index contributed by atoms with van der Waals surface area (Å²) in [5, 5.41) is 23.8. The molecule has 3 N–H and O–H groups in total. The molecule has 0 rings (SSSR count). The topological polar surface area (TPSA) is 95.9 Å². The highest BCUT2D eigenvalue weighted by molar-refractivity contribution is 5.77. The summed E-state index contributed by atoms with van der Waals surface area (Å²) in [5.74, 6) is -0.530. The van der Waals surface area contributed by atoms with E-state index in [1.54, 1.807) is 0 Å². The van der Waals surface area contributed by atoms with E-state index in [-0.39, 0.29) is 24.9 Å². The van der Waals surface area contributed by atoms with Crippen LogP contribution in [0.5, 0.6) is 0 Å². The van der Waals surface area contributed by atoms with Crippen LogP contribution in [0.1, 0.15) is 271 Å². The van der Waals surface area contributed by atoms with E-state index in [9.17, 15) is 19.8 Å². The normalized spacial score (nSPS) is 13.7. The maximum absolute atomic E-state index is 13.3. The molecule has 0 aliphatic rings. The van der Waals surface area contributed by atoms with Crippen molar-refractivity contribution in [3.8, 4) is 0 Å². The van der Waals surface area contributed by atoms with Crippen LogP contribution >= 0.6 is 0 Å². The molecule has 3 unspecified atom stereocenters. The molecule has 0 aliphatic heterocycles. The number of aliphatic hydroxyl groups is 2. The third-order valence-corrected chi connectivity index (χ3v) is 12.6. The summed E-state index contributed by atoms with van der Waals surface area (Å²) in [6.45, 7) is 6.44.